The standard InChI is InChI=1S/C56H99N3O9/c1-6-8-10-12-14-16-18-20-22-24-26-28-30-37-45-65-51(60)43-42-50(53(62)66-46-38-31-29-27-25-23-21-19-17-15-13-11-9-7-2)58-52(61)49(59-55(64)68-56(3,4)5)41-35-36-44-57-54(63)67-47-48-39-33-32-34-40-48/h32-34,39-40,49-50H,6-31,35-38,41-47H2,1-5H3,(H,57,63)(H,58,61)(H,59,64). The highest BCUT2D eigenvalue weighted by molar-refractivity contribution is 5.90. The van der Waals surface area contributed by atoms with Crippen molar-refractivity contribution in [2.75, 3.05) is 19.8 Å². The number of rotatable bonds is 44. The van der Waals surface area contributed by atoms with Crippen LogP contribution in [0.25, 0.3) is 0 Å². The Labute approximate surface area is 414 Å². The Bertz CT molecular complexity index is 1400. The maximum Gasteiger partial charge on any atom is 0.408 e. The average Bonchev–Trinajstić information content (AvgIpc) is 3.31. The Morgan fingerprint density at radius 2 is 0.941 bits per heavy atom. The highest BCUT2D eigenvalue weighted by Gasteiger charge is 2.29. The highest BCUT2D eigenvalue weighted by atomic mass is 16.6. The minimum absolute atomic E-state index is 0.00490. The van der Waals surface area contributed by atoms with E-state index in [2.05, 4.69) is 29.8 Å². The van der Waals surface area contributed by atoms with Crippen LogP contribution in [0.1, 0.15) is 252 Å². The molecule has 0 aliphatic carbocycles. The zero-order valence-corrected chi connectivity index (χ0v) is 43.9. The summed E-state index contributed by atoms with van der Waals surface area (Å²) in [6, 6.07) is 7.20. The summed E-state index contributed by atoms with van der Waals surface area (Å²) in [5, 5.41) is 8.16. The Morgan fingerprint density at radius 3 is 1.41 bits per heavy atom. The molecule has 0 heterocycles. The first-order valence-electron chi connectivity index (χ1n) is 27.5. The van der Waals surface area contributed by atoms with Crippen molar-refractivity contribution in [3.05, 3.63) is 35.9 Å². The third-order valence-electron chi connectivity index (χ3n) is 12.2. The van der Waals surface area contributed by atoms with Crippen molar-refractivity contribution in [3.8, 4) is 0 Å². The summed E-state index contributed by atoms with van der Waals surface area (Å²) in [5.41, 5.74) is 0.0701. The number of amides is 3. The lowest BCUT2D eigenvalue weighted by atomic mass is 10.0. The lowest BCUT2D eigenvalue weighted by Crippen LogP contribution is -2.52. The molecule has 2 atom stereocenters. The van der Waals surface area contributed by atoms with Gasteiger partial charge in [-0.2, -0.15) is 0 Å². The number of unbranched alkanes of at least 4 members (excludes halogenated alkanes) is 27. The quantitative estimate of drug-likeness (QED) is 0.0329. The fourth-order valence-corrected chi connectivity index (χ4v) is 8.06. The zero-order valence-electron chi connectivity index (χ0n) is 43.9. The molecule has 1 aromatic rings. The van der Waals surface area contributed by atoms with E-state index in [-0.39, 0.29) is 32.5 Å². The highest BCUT2D eigenvalue weighted by Crippen LogP contribution is 2.16. The minimum Gasteiger partial charge on any atom is -0.466 e. The van der Waals surface area contributed by atoms with Crippen LogP contribution in [0.2, 0.25) is 0 Å². The molecule has 0 saturated carbocycles. The summed E-state index contributed by atoms with van der Waals surface area (Å²) >= 11 is 0. The topological polar surface area (TPSA) is 158 Å². The number of carbonyl (C=O) groups is 5. The fraction of sp³-hybridized carbons (Fsp3) is 0.804. The molecule has 3 amide bonds. The predicted octanol–water partition coefficient (Wildman–Crippen LogP) is 14.3. The molecular weight excluding hydrogens is 859 g/mol. The van der Waals surface area contributed by atoms with Gasteiger partial charge in [-0.15, -0.1) is 0 Å². The number of hydrogen-bond acceptors (Lipinski definition) is 9. The van der Waals surface area contributed by atoms with E-state index in [0.717, 1.165) is 44.1 Å². The molecule has 0 spiro atoms. The summed E-state index contributed by atoms with van der Waals surface area (Å²) in [6.45, 7) is 10.7. The van der Waals surface area contributed by atoms with Gasteiger partial charge in [-0.25, -0.2) is 14.4 Å². The molecule has 1 rings (SSSR count). The Kier molecular flexibility index (Phi) is 39.5. The van der Waals surface area contributed by atoms with Crippen molar-refractivity contribution in [1.29, 1.82) is 0 Å². The second kappa shape index (κ2) is 43.2. The van der Waals surface area contributed by atoms with Crippen molar-refractivity contribution in [3.63, 3.8) is 0 Å². The van der Waals surface area contributed by atoms with Gasteiger partial charge < -0.3 is 34.9 Å². The predicted molar refractivity (Wildman–Crippen MR) is 275 cm³/mol. The van der Waals surface area contributed by atoms with Gasteiger partial charge in [0, 0.05) is 13.0 Å². The van der Waals surface area contributed by atoms with Gasteiger partial charge in [0.1, 0.15) is 24.3 Å². The molecule has 3 N–H and O–H groups in total. The third kappa shape index (κ3) is 39.1. The lowest BCUT2D eigenvalue weighted by Gasteiger charge is -2.25. The molecule has 2 unspecified atom stereocenters. The molecule has 392 valence electrons. The first kappa shape index (κ1) is 62.2. The van der Waals surface area contributed by atoms with Crippen LogP contribution in [0.4, 0.5) is 9.59 Å². The van der Waals surface area contributed by atoms with Gasteiger partial charge in [0.05, 0.1) is 13.2 Å². The maximum atomic E-state index is 13.8. The molecule has 0 aromatic heterocycles. The number of alkyl carbamates (subject to hydrolysis) is 2. The Morgan fingerprint density at radius 1 is 0.485 bits per heavy atom. The van der Waals surface area contributed by atoms with Gasteiger partial charge in [0.15, 0.2) is 0 Å². The molecule has 0 saturated heterocycles. The number of carbonyl (C=O) groups excluding carboxylic acids is 5. The van der Waals surface area contributed by atoms with Crippen molar-refractivity contribution in [1.82, 2.24) is 16.0 Å². The van der Waals surface area contributed by atoms with Crippen LogP contribution in [0.5, 0.6) is 0 Å². The first-order chi connectivity index (χ1) is 32.9. The number of ether oxygens (including phenoxy) is 4. The van der Waals surface area contributed by atoms with Crippen LogP contribution < -0.4 is 16.0 Å². The van der Waals surface area contributed by atoms with E-state index >= 15 is 0 Å². The number of nitrogens with one attached hydrogen (secondary N) is 3. The van der Waals surface area contributed by atoms with Gasteiger partial charge in [0.2, 0.25) is 5.91 Å². The largest absolute Gasteiger partial charge is 0.466 e. The van der Waals surface area contributed by atoms with Crippen LogP contribution in [-0.4, -0.2) is 67.5 Å². The fourth-order valence-electron chi connectivity index (χ4n) is 8.06. The van der Waals surface area contributed by atoms with E-state index in [0.29, 0.717) is 32.4 Å². The number of hydrogen-bond donors (Lipinski definition) is 3. The monoisotopic (exact) mass is 958 g/mol. The molecule has 1 aromatic carbocycles. The third-order valence-corrected chi connectivity index (χ3v) is 12.2. The summed E-state index contributed by atoms with van der Waals surface area (Å²) < 4.78 is 22.0. The molecule has 0 aliphatic rings. The van der Waals surface area contributed by atoms with Gasteiger partial charge in [-0.05, 0) is 64.9 Å². The minimum atomic E-state index is -1.12. The van der Waals surface area contributed by atoms with Gasteiger partial charge in [-0.3, -0.25) is 9.59 Å². The summed E-state index contributed by atoms with van der Waals surface area (Å²) in [4.78, 5) is 65.4. The van der Waals surface area contributed by atoms with E-state index in [1.165, 1.54) is 135 Å². The molecule has 12 heteroatoms. The van der Waals surface area contributed by atoms with Gasteiger partial charge in [0.25, 0.3) is 0 Å². The van der Waals surface area contributed by atoms with Crippen LogP contribution in [0.3, 0.4) is 0 Å². The SMILES string of the molecule is CCCCCCCCCCCCCCCCOC(=O)CCC(NC(=O)C(CCCCNC(=O)OCc1ccccc1)NC(=O)OC(C)(C)C)C(=O)OCCCCCCCCCCCCCCCC. The molecule has 0 fully saturated rings. The second-order valence-corrected chi connectivity index (χ2v) is 19.9. The van der Waals surface area contributed by atoms with Crippen molar-refractivity contribution >= 4 is 30.0 Å². The zero-order chi connectivity index (χ0) is 49.8. The normalized spacial score (nSPS) is 12.2. The number of benzene rings is 1. The van der Waals surface area contributed by atoms with E-state index in [1.54, 1.807) is 20.8 Å². The summed E-state index contributed by atoms with van der Waals surface area (Å²) in [7, 11) is 0. The van der Waals surface area contributed by atoms with E-state index in [9.17, 15) is 24.0 Å². The Balaban J connectivity index is 2.66. The molecule has 0 aliphatic heterocycles. The molecule has 12 nitrogen and oxygen atoms in total. The molecule has 0 radical (unpaired) electrons. The van der Waals surface area contributed by atoms with E-state index in [1.807, 2.05) is 30.3 Å². The second-order valence-electron chi connectivity index (χ2n) is 19.9. The number of esters is 2. The molecule has 68 heavy (non-hydrogen) atoms. The average molecular weight is 958 g/mol. The van der Waals surface area contributed by atoms with E-state index in [4.69, 9.17) is 18.9 Å². The lowest BCUT2D eigenvalue weighted by molar-refractivity contribution is -0.149. The van der Waals surface area contributed by atoms with Crippen molar-refractivity contribution < 1.29 is 42.9 Å². The Hall–Kier alpha value is -3.83. The van der Waals surface area contributed by atoms with Crippen LogP contribution in [-0.2, 0) is 39.9 Å². The molecule has 0 bridgehead atoms. The van der Waals surface area contributed by atoms with Gasteiger partial charge in [-0.1, -0.05) is 211 Å². The smallest absolute Gasteiger partial charge is 0.408 e. The van der Waals surface area contributed by atoms with E-state index < -0.39 is 47.7 Å². The van der Waals surface area contributed by atoms with Crippen LogP contribution >= 0.6 is 0 Å². The van der Waals surface area contributed by atoms with Crippen LogP contribution in [0.15, 0.2) is 30.3 Å². The first-order valence-corrected chi connectivity index (χ1v) is 27.5. The van der Waals surface area contributed by atoms with Crippen molar-refractivity contribution in [2.24, 2.45) is 0 Å². The van der Waals surface area contributed by atoms with Crippen LogP contribution in [0, 0.1) is 0 Å². The van der Waals surface area contributed by atoms with Gasteiger partial charge >= 0.3 is 24.1 Å². The van der Waals surface area contributed by atoms with Crippen molar-refractivity contribution in [2.45, 2.75) is 271 Å². The molecular formula is C56H99N3O9. The maximum absolute atomic E-state index is 13.8. The summed E-state index contributed by atoms with van der Waals surface area (Å²) in [5.74, 6) is -1.65. The summed E-state index contributed by atoms with van der Waals surface area (Å²) in [6.07, 6.45) is 34.1.